The van der Waals surface area contributed by atoms with Gasteiger partial charge in [-0.05, 0) is 24.1 Å². The molecule has 1 amide bonds. The molecule has 2 atom stereocenters. The standard InChI is InChI=1S/C18H19F2N3O/c19-13-6-7-16(15(20)10-13)23-9-8-14(11-23)22-17(18(21)24)12-4-2-1-3-5-12/h1-7,10,14,17,22H,8-9,11H2,(H2,21,24). The molecule has 0 aromatic heterocycles. The zero-order valence-corrected chi connectivity index (χ0v) is 13.1. The van der Waals surface area contributed by atoms with Gasteiger partial charge in [0.25, 0.3) is 0 Å². The summed E-state index contributed by atoms with van der Waals surface area (Å²) in [5.74, 6) is -1.62. The lowest BCUT2D eigenvalue weighted by Gasteiger charge is -2.22. The number of nitrogens with two attached hydrogens (primary N) is 1. The van der Waals surface area contributed by atoms with E-state index in [2.05, 4.69) is 5.32 Å². The minimum Gasteiger partial charge on any atom is -0.368 e. The van der Waals surface area contributed by atoms with Crippen LogP contribution in [0.1, 0.15) is 18.0 Å². The first-order valence-electron chi connectivity index (χ1n) is 7.85. The average molecular weight is 331 g/mol. The number of hydrogen-bond acceptors (Lipinski definition) is 3. The average Bonchev–Trinajstić information content (AvgIpc) is 3.01. The summed E-state index contributed by atoms with van der Waals surface area (Å²) in [5.41, 5.74) is 6.69. The van der Waals surface area contributed by atoms with Crippen molar-refractivity contribution in [1.82, 2.24) is 5.32 Å². The van der Waals surface area contributed by atoms with E-state index in [-0.39, 0.29) is 6.04 Å². The third kappa shape index (κ3) is 3.54. The summed E-state index contributed by atoms with van der Waals surface area (Å²) < 4.78 is 26.9. The molecule has 3 rings (SSSR count). The molecular weight excluding hydrogens is 312 g/mol. The van der Waals surface area contributed by atoms with E-state index in [0.29, 0.717) is 18.8 Å². The molecule has 2 unspecified atom stereocenters. The van der Waals surface area contributed by atoms with Crippen molar-refractivity contribution in [2.45, 2.75) is 18.5 Å². The van der Waals surface area contributed by atoms with Crippen molar-refractivity contribution in [3.05, 3.63) is 65.7 Å². The van der Waals surface area contributed by atoms with Crippen LogP contribution in [0.5, 0.6) is 0 Å². The van der Waals surface area contributed by atoms with E-state index < -0.39 is 23.6 Å². The summed E-state index contributed by atoms with van der Waals surface area (Å²) >= 11 is 0. The molecule has 1 aliphatic rings. The van der Waals surface area contributed by atoms with Crippen molar-refractivity contribution in [3.63, 3.8) is 0 Å². The summed E-state index contributed by atoms with van der Waals surface area (Å²) in [4.78, 5) is 13.6. The molecule has 6 heteroatoms. The van der Waals surface area contributed by atoms with Gasteiger partial charge in [0.15, 0.2) is 0 Å². The molecule has 0 radical (unpaired) electrons. The molecule has 1 heterocycles. The van der Waals surface area contributed by atoms with Crippen LogP contribution in [0, 0.1) is 11.6 Å². The monoisotopic (exact) mass is 331 g/mol. The predicted octanol–water partition coefficient (Wildman–Crippen LogP) is 2.36. The van der Waals surface area contributed by atoms with Gasteiger partial charge in [-0.2, -0.15) is 0 Å². The molecule has 0 bridgehead atoms. The van der Waals surface area contributed by atoms with E-state index in [1.165, 1.54) is 12.1 Å². The lowest BCUT2D eigenvalue weighted by molar-refractivity contribution is -0.120. The maximum absolute atomic E-state index is 13.9. The molecular formula is C18H19F2N3O. The third-order valence-corrected chi connectivity index (χ3v) is 4.26. The maximum atomic E-state index is 13.9. The number of primary amides is 1. The molecule has 0 aliphatic carbocycles. The minimum atomic E-state index is -0.594. The number of hydrogen-bond donors (Lipinski definition) is 2. The molecule has 1 fully saturated rings. The molecule has 1 saturated heterocycles. The highest BCUT2D eigenvalue weighted by Crippen LogP contribution is 2.25. The molecule has 2 aromatic carbocycles. The van der Waals surface area contributed by atoms with Gasteiger partial charge in [-0.15, -0.1) is 0 Å². The third-order valence-electron chi connectivity index (χ3n) is 4.26. The Balaban J connectivity index is 1.70. The van der Waals surface area contributed by atoms with Crippen LogP contribution in [0.3, 0.4) is 0 Å². The first-order valence-corrected chi connectivity index (χ1v) is 7.85. The van der Waals surface area contributed by atoms with Crippen LogP contribution in [0.15, 0.2) is 48.5 Å². The molecule has 4 nitrogen and oxygen atoms in total. The van der Waals surface area contributed by atoms with Crippen molar-refractivity contribution in [3.8, 4) is 0 Å². The number of halogens is 2. The van der Waals surface area contributed by atoms with Gasteiger partial charge in [0.05, 0.1) is 5.69 Å². The van der Waals surface area contributed by atoms with Crippen LogP contribution in [-0.2, 0) is 4.79 Å². The second-order valence-electron chi connectivity index (χ2n) is 5.94. The fraction of sp³-hybridized carbons (Fsp3) is 0.278. The van der Waals surface area contributed by atoms with Gasteiger partial charge in [-0.3, -0.25) is 10.1 Å². The fourth-order valence-corrected chi connectivity index (χ4v) is 3.08. The summed E-state index contributed by atoms with van der Waals surface area (Å²) in [7, 11) is 0. The predicted molar refractivity (Wildman–Crippen MR) is 88.5 cm³/mol. The van der Waals surface area contributed by atoms with Crippen molar-refractivity contribution < 1.29 is 13.6 Å². The van der Waals surface area contributed by atoms with Gasteiger partial charge >= 0.3 is 0 Å². The normalized spacial score (nSPS) is 18.6. The Morgan fingerprint density at radius 2 is 1.96 bits per heavy atom. The van der Waals surface area contributed by atoms with Crippen LogP contribution >= 0.6 is 0 Å². The van der Waals surface area contributed by atoms with Crippen LogP contribution in [0.25, 0.3) is 0 Å². The number of nitrogens with one attached hydrogen (secondary N) is 1. The Hall–Kier alpha value is -2.47. The maximum Gasteiger partial charge on any atom is 0.239 e. The first-order chi connectivity index (χ1) is 11.5. The highest BCUT2D eigenvalue weighted by atomic mass is 19.1. The topological polar surface area (TPSA) is 58.4 Å². The lowest BCUT2D eigenvalue weighted by Crippen LogP contribution is -2.41. The van der Waals surface area contributed by atoms with Gasteiger partial charge < -0.3 is 10.6 Å². The Morgan fingerprint density at radius 1 is 1.21 bits per heavy atom. The largest absolute Gasteiger partial charge is 0.368 e. The van der Waals surface area contributed by atoms with Crippen LogP contribution in [0.2, 0.25) is 0 Å². The highest BCUT2D eigenvalue weighted by molar-refractivity contribution is 5.81. The Morgan fingerprint density at radius 3 is 2.62 bits per heavy atom. The van der Waals surface area contributed by atoms with E-state index in [0.717, 1.165) is 18.1 Å². The van der Waals surface area contributed by atoms with Gasteiger partial charge in [0.1, 0.15) is 17.7 Å². The lowest BCUT2D eigenvalue weighted by atomic mass is 10.1. The summed E-state index contributed by atoms with van der Waals surface area (Å²) in [5, 5.41) is 3.25. The second-order valence-corrected chi connectivity index (χ2v) is 5.94. The SMILES string of the molecule is NC(=O)C(NC1CCN(c2ccc(F)cc2F)C1)c1ccccc1. The number of amides is 1. The van der Waals surface area contributed by atoms with Crippen LogP contribution < -0.4 is 16.0 Å². The number of benzene rings is 2. The number of anilines is 1. The fourth-order valence-electron chi connectivity index (χ4n) is 3.08. The second kappa shape index (κ2) is 6.97. The van der Waals surface area contributed by atoms with E-state index in [1.807, 2.05) is 35.2 Å². The smallest absolute Gasteiger partial charge is 0.239 e. The van der Waals surface area contributed by atoms with Gasteiger partial charge in [0.2, 0.25) is 5.91 Å². The molecule has 1 aliphatic heterocycles. The first kappa shape index (κ1) is 16.4. The molecule has 0 spiro atoms. The minimum absolute atomic E-state index is 0.00726. The summed E-state index contributed by atoms with van der Waals surface area (Å²) in [6.45, 7) is 1.15. The number of carbonyl (C=O) groups is 1. The quantitative estimate of drug-likeness (QED) is 0.884. The van der Waals surface area contributed by atoms with Crippen LogP contribution in [0.4, 0.5) is 14.5 Å². The van der Waals surface area contributed by atoms with E-state index in [4.69, 9.17) is 5.73 Å². The van der Waals surface area contributed by atoms with E-state index in [1.54, 1.807) is 0 Å². The van der Waals surface area contributed by atoms with Gasteiger partial charge in [0, 0.05) is 25.2 Å². The number of carbonyl (C=O) groups excluding carboxylic acids is 1. The Labute approximate surface area is 139 Å². The van der Waals surface area contributed by atoms with Crippen molar-refractivity contribution >= 4 is 11.6 Å². The molecule has 3 N–H and O–H groups in total. The number of nitrogens with zero attached hydrogens (tertiary/aromatic N) is 1. The molecule has 24 heavy (non-hydrogen) atoms. The van der Waals surface area contributed by atoms with Gasteiger partial charge in [-0.1, -0.05) is 30.3 Å². The Bertz CT molecular complexity index is 723. The van der Waals surface area contributed by atoms with Gasteiger partial charge in [-0.25, -0.2) is 8.78 Å². The summed E-state index contributed by atoms with van der Waals surface area (Å²) in [6, 6.07) is 12.2. The van der Waals surface area contributed by atoms with Crippen LogP contribution in [-0.4, -0.2) is 25.0 Å². The number of rotatable bonds is 5. The van der Waals surface area contributed by atoms with E-state index >= 15 is 0 Å². The van der Waals surface area contributed by atoms with E-state index in [9.17, 15) is 13.6 Å². The zero-order chi connectivity index (χ0) is 17.1. The summed E-state index contributed by atoms with van der Waals surface area (Å²) in [6.07, 6.45) is 0.743. The Kier molecular flexibility index (Phi) is 4.76. The highest BCUT2D eigenvalue weighted by Gasteiger charge is 2.28. The van der Waals surface area contributed by atoms with Crippen molar-refractivity contribution in [1.29, 1.82) is 0 Å². The molecule has 2 aromatic rings. The van der Waals surface area contributed by atoms with Crippen molar-refractivity contribution in [2.24, 2.45) is 5.73 Å². The molecule has 126 valence electrons. The zero-order valence-electron chi connectivity index (χ0n) is 13.1. The van der Waals surface area contributed by atoms with Crippen molar-refractivity contribution in [2.75, 3.05) is 18.0 Å². The molecule has 0 saturated carbocycles.